The molecule has 1 aliphatic heterocycles. The molecule has 16 heavy (non-hydrogen) atoms. The molecule has 0 aliphatic carbocycles. The Morgan fingerprint density at radius 2 is 2.44 bits per heavy atom. The van der Waals surface area contributed by atoms with E-state index in [0.717, 1.165) is 25.5 Å². The smallest absolute Gasteiger partial charge is 0.113 e. The second-order valence-electron chi connectivity index (χ2n) is 4.46. The molecular weight excluding hydrogens is 200 g/mol. The summed E-state index contributed by atoms with van der Waals surface area (Å²) < 4.78 is 7.68. The second-order valence-corrected chi connectivity index (χ2v) is 4.46. The zero-order valence-corrected chi connectivity index (χ0v) is 9.30. The molecule has 3 rings (SSSR count). The molecule has 0 spiro atoms. The van der Waals surface area contributed by atoms with Crippen LogP contribution in [-0.4, -0.2) is 22.6 Å². The first kappa shape index (κ1) is 9.85. The van der Waals surface area contributed by atoms with Gasteiger partial charge in [-0.1, -0.05) is 6.07 Å². The van der Waals surface area contributed by atoms with Crippen molar-refractivity contribution in [1.82, 2.24) is 9.38 Å². The largest absolute Gasteiger partial charge is 0.381 e. The Balaban J connectivity index is 1.83. The molecule has 3 heteroatoms. The molecule has 3 heterocycles. The summed E-state index contributed by atoms with van der Waals surface area (Å²) in [6.07, 6.45) is 7.51. The molecule has 0 bridgehead atoms. The molecule has 2 aromatic heterocycles. The molecule has 84 valence electrons. The van der Waals surface area contributed by atoms with E-state index in [1.54, 1.807) is 0 Å². The van der Waals surface area contributed by atoms with E-state index in [0.29, 0.717) is 5.92 Å². The van der Waals surface area contributed by atoms with E-state index >= 15 is 0 Å². The lowest BCUT2D eigenvalue weighted by atomic mass is 9.98. The van der Waals surface area contributed by atoms with E-state index in [9.17, 15) is 0 Å². The Kier molecular flexibility index (Phi) is 2.62. The summed E-state index contributed by atoms with van der Waals surface area (Å²) >= 11 is 0. The molecule has 3 nitrogen and oxygen atoms in total. The fraction of sp³-hybridized carbons (Fsp3) is 0.462. The third-order valence-electron chi connectivity index (χ3n) is 3.24. The SMILES string of the molecule is c1ccn2c(CC3CCCOC3)ncc2c1. The van der Waals surface area contributed by atoms with Crippen molar-refractivity contribution in [2.24, 2.45) is 5.92 Å². The maximum Gasteiger partial charge on any atom is 0.113 e. The van der Waals surface area contributed by atoms with E-state index in [4.69, 9.17) is 4.74 Å². The topological polar surface area (TPSA) is 26.5 Å². The number of nitrogens with zero attached hydrogens (tertiary/aromatic N) is 2. The number of fused-ring (bicyclic) bond motifs is 1. The fourth-order valence-corrected chi connectivity index (χ4v) is 2.38. The zero-order valence-electron chi connectivity index (χ0n) is 9.30. The monoisotopic (exact) mass is 216 g/mol. The van der Waals surface area contributed by atoms with Gasteiger partial charge in [0.25, 0.3) is 0 Å². The van der Waals surface area contributed by atoms with Crippen molar-refractivity contribution >= 4 is 5.52 Å². The number of imidazole rings is 1. The molecule has 1 unspecified atom stereocenters. The number of ether oxygens (including phenoxy) is 1. The third-order valence-corrected chi connectivity index (χ3v) is 3.24. The Labute approximate surface area is 95.1 Å². The van der Waals surface area contributed by atoms with E-state index in [1.807, 2.05) is 12.3 Å². The minimum atomic E-state index is 0.638. The van der Waals surface area contributed by atoms with Gasteiger partial charge in [-0.05, 0) is 30.9 Å². The van der Waals surface area contributed by atoms with Crippen LogP contribution in [0.25, 0.3) is 5.52 Å². The Morgan fingerprint density at radius 3 is 3.31 bits per heavy atom. The van der Waals surface area contributed by atoms with Gasteiger partial charge in [0, 0.05) is 25.8 Å². The molecule has 1 saturated heterocycles. The summed E-state index contributed by atoms with van der Waals surface area (Å²) in [4.78, 5) is 4.50. The van der Waals surface area contributed by atoms with Gasteiger partial charge in [-0.2, -0.15) is 0 Å². The third kappa shape index (κ3) is 1.83. The molecule has 1 fully saturated rings. The molecule has 1 atom stereocenters. The number of hydrogen-bond donors (Lipinski definition) is 0. The average molecular weight is 216 g/mol. The van der Waals surface area contributed by atoms with Gasteiger partial charge in [-0.25, -0.2) is 4.98 Å². The van der Waals surface area contributed by atoms with Crippen LogP contribution >= 0.6 is 0 Å². The Bertz CT molecular complexity index is 471. The lowest BCUT2D eigenvalue weighted by Gasteiger charge is -2.21. The fourth-order valence-electron chi connectivity index (χ4n) is 2.38. The van der Waals surface area contributed by atoms with Gasteiger partial charge in [0.1, 0.15) is 5.82 Å². The van der Waals surface area contributed by atoms with Crippen LogP contribution in [0.2, 0.25) is 0 Å². The molecule has 2 aromatic rings. The quantitative estimate of drug-likeness (QED) is 0.770. The highest BCUT2D eigenvalue weighted by atomic mass is 16.5. The maximum atomic E-state index is 5.51. The van der Waals surface area contributed by atoms with Crippen molar-refractivity contribution in [2.45, 2.75) is 19.3 Å². The summed E-state index contributed by atoms with van der Waals surface area (Å²) in [7, 11) is 0. The van der Waals surface area contributed by atoms with Crippen molar-refractivity contribution in [3.05, 3.63) is 36.4 Å². The molecule has 0 amide bonds. The summed E-state index contributed by atoms with van der Waals surface area (Å²) in [6.45, 7) is 1.82. The minimum Gasteiger partial charge on any atom is -0.381 e. The zero-order chi connectivity index (χ0) is 10.8. The summed E-state index contributed by atoms with van der Waals surface area (Å²) in [5.74, 6) is 1.80. The average Bonchev–Trinajstić information content (AvgIpc) is 2.74. The Morgan fingerprint density at radius 1 is 1.44 bits per heavy atom. The van der Waals surface area contributed by atoms with Crippen molar-refractivity contribution in [2.75, 3.05) is 13.2 Å². The van der Waals surface area contributed by atoms with Gasteiger partial charge < -0.3 is 9.14 Å². The molecule has 0 saturated carbocycles. The highest BCUT2D eigenvalue weighted by Gasteiger charge is 2.16. The Hall–Kier alpha value is -1.35. The van der Waals surface area contributed by atoms with Crippen molar-refractivity contribution in [3.63, 3.8) is 0 Å². The standard InChI is InChI=1S/C13H16N2O/c1-2-6-15-12(5-1)9-14-13(15)8-11-4-3-7-16-10-11/h1-2,5-6,9,11H,3-4,7-8,10H2. The lowest BCUT2D eigenvalue weighted by Crippen LogP contribution is -2.20. The first-order valence-corrected chi connectivity index (χ1v) is 5.92. The van der Waals surface area contributed by atoms with Crippen molar-refractivity contribution in [1.29, 1.82) is 0 Å². The number of rotatable bonds is 2. The van der Waals surface area contributed by atoms with E-state index in [1.165, 1.54) is 18.4 Å². The van der Waals surface area contributed by atoms with Crippen LogP contribution < -0.4 is 0 Å². The number of aromatic nitrogens is 2. The highest BCUT2D eigenvalue weighted by Crippen LogP contribution is 2.18. The first-order valence-electron chi connectivity index (χ1n) is 5.92. The maximum absolute atomic E-state index is 5.51. The van der Waals surface area contributed by atoms with Crippen LogP contribution in [0.15, 0.2) is 30.6 Å². The predicted octanol–water partition coefficient (Wildman–Crippen LogP) is 2.30. The van der Waals surface area contributed by atoms with Gasteiger partial charge in [0.05, 0.1) is 11.7 Å². The first-order chi connectivity index (χ1) is 7.93. The molecule has 0 radical (unpaired) electrons. The van der Waals surface area contributed by atoms with E-state index in [2.05, 4.69) is 27.7 Å². The normalized spacial score (nSPS) is 21.4. The van der Waals surface area contributed by atoms with Gasteiger partial charge in [-0.3, -0.25) is 0 Å². The van der Waals surface area contributed by atoms with Gasteiger partial charge in [0.15, 0.2) is 0 Å². The summed E-state index contributed by atoms with van der Waals surface area (Å²) in [6, 6.07) is 6.19. The van der Waals surface area contributed by atoms with Crippen LogP contribution in [0.5, 0.6) is 0 Å². The number of pyridine rings is 1. The summed E-state index contributed by atoms with van der Waals surface area (Å²) in [5.41, 5.74) is 1.18. The van der Waals surface area contributed by atoms with E-state index < -0.39 is 0 Å². The van der Waals surface area contributed by atoms with Crippen molar-refractivity contribution < 1.29 is 4.74 Å². The van der Waals surface area contributed by atoms with Crippen LogP contribution in [0.4, 0.5) is 0 Å². The molecule has 0 aromatic carbocycles. The summed E-state index contributed by atoms with van der Waals surface area (Å²) in [5, 5.41) is 0. The van der Waals surface area contributed by atoms with Gasteiger partial charge in [-0.15, -0.1) is 0 Å². The predicted molar refractivity (Wildman–Crippen MR) is 62.4 cm³/mol. The lowest BCUT2D eigenvalue weighted by molar-refractivity contribution is 0.0542. The van der Waals surface area contributed by atoms with Gasteiger partial charge in [0.2, 0.25) is 0 Å². The van der Waals surface area contributed by atoms with Crippen LogP contribution in [-0.2, 0) is 11.2 Å². The van der Waals surface area contributed by atoms with Crippen LogP contribution in [0, 0.1) is 5.92 Å². The minimum absolute atomic E-state index is 0.638. The molecule has 0 N–H and O–H groups in total. The molecular formula is C13H16N2O. The van der Waals surface area contributed by atoms with Gasteiger partial charge >= 0.3 is 0 Å². The number of hydrogen-bond acceptors (Lipinski definition) is 2. The molecule has 1 aliphatic rings. The highest BCUT2D eigenvalue weighted by molar-refractivity contribution is 5.45. The van der Waals surface area contributed by atoms with Crippen molar-refractivity contribution in [3.8, 4) is 0 Å². The second kappa shape index (κ2) is 4.26. The van der Waals surface area contributed by atoms with Crippen LogP contribution in [0.3, 0.4) is 0 Å². The van der Waals surface area contributed by atoms with E-state index in [-0.39, 0.29) is 0 Å². The van der Waals surface area contributed by atoms with Crippen LogP contribution in [0.1, 0.15) is 18.7 Å².